The Kier molecular flexibility index (Phi) is 6.37. The average molecular weight is 373 g/mol. The Balaban J connectivity index is 1.66. The molecule has 2 amide bonds. The number of piperidine rings is 1. The van der Waals surface area contributed by atoms with Crippen LogP contribution in [0.5, 0.6) is 0 Å². The first-order valence-corrected chi connectivity index (χ1v) is 10.0. The Morgan fingerprint density at radius 1 is 1.07 bits per heavy atom. The summed E-state index contributed by atoms with van der Waals surface area (Å²) in [6.07, 6.45) is 2.22. The molecule has 0 saturated carbocycles. The first-order valence-electron chi connectivity index (χ1n) is 10.0. The number of piperazine rings is 1. The molecule has 0 radical (unpaired) electrons. The molecule has 2 aliphatic rings. The number of rotatable bonds is 4. The van der Waals surface area contributed by atoms with E-state index in [1.807, 2.05) is 17.0 Å². The number of amides is 2. The van der Waals surface area contributed by atoms with Gasteiger partial charge >= 0.3 is 0 Å². The van der Waals surface area contributed by atoms with Gasteiger partial charge in [-0.05, 0) is 50.1 Å². The zero-order valence-corrected chi connectivity index (χ0v) is 16.9. The zero-order chi connectivity index (χ0) is 19.4. The summed E-state index contributed by atoms with van der Waals surface area (Å²) in [4.78, 5) is 33.1. The second-order valence-electron chi connectivity index (χ2n) is 8.00. The van der Waals surface area contributed by atoms with Crippen LogP contribution in [0.15, 0.2) is 24.3 Å². The summed E-state index contributed by atoms with van der Waals surface area (Å²) in [5.41, 5.74) is 1.96. The number of benzene rings is 1. The Bertz CT molecular complexity index is 653. The maximum atomic E-state index is 12.7. The molecule has 2 fully saturated rings. The van der Waals surface area contributed by atoms with Gasteiger partial charge in [0.2, 0.25) is 11.8 Å². The lowest BCUT2D eigenvalue weighted by Crippen LogP contribution is -2.46. The smallest absolute Gasteiger partial charge is 0.242 e. The molecule has 0 spiro atoms. The number of nitrogens with zero attached hydrogens (tertiary/aromatic N) is 4. The molecule has 2 saturated heterocycles. The molecular formula is C21H32N4O2. The fraction of sp³-hybridized carbons (Fsp3) is 0.619. The minimum absolute atomic E-state index is 0.0416. The third kappa shape index (κ3) is 5.01. The van der Waals surface area contributed by atoms with Crippen LogP contribution >= 0.6 is 0 Å². The van der Waals surface area contributed by atoms with Crippen molar-refractivity contribution in [2.45, 2.75) is 26.7 Å². The highest BCUT2D eigenvalue weighted by Gasteiger charge is 2.24. The Hall–Kier alpha value is -2.08. The molecule has 2 aliphatic heterocycles. The number of carbonyl (C=O) groups excluding carboxylic acids is 2. The number of anilines is 2. The van der Waals surface area contributed by atoms with Gasteiger partial charge in [-0.25, -0.2) is 0 Å². The standard InChI is InChI=1S/C21H32N4O2/c1-17-5-4-10-24(15-17)21(27)16-25(18(2)26)20-8-6-19(7-9-20)23-13-11-22(3)12-14-23/h6-9,17H,4-5,10-16H2,1-3H3. The molecule has 1 atom stereocenters. The number of hydrogen-bond acceptors (Lipinski definition) is 4. The molecule has 1 aromatic rings. The summed E-state index contributed by atoms with van der Waals surface area (Å²) >= 11 is 0. The van der Waals surface area contributed by atoms with E-state index < -0.39 is 0 Å². The van der Waals surface area contributed by atoms with Crippen LogP contribution in [0.1, 0.15) is 26.7 Å². The first kappa shape index (κ1) is 19.7. The van der Waals surface area contributed by atoms with Crippen LogP contribution in [0.2, 0.25) is 0 Å². The summed E-state index contributed by atoms with van der Waals surface area (Å²) in [6, 6.07) is 8.04. The van der Waals surface area contributed by atoms with Crippen molar-refractivity contribution in [3.05, 3.63) is 24.3 Å². The summed E-state index contributed by atoms with van der Waals surface area (Å²) < 4.78 is 0. The largest absolute Gasteiger partial charge is 0.369 e. The lowest BCUT2D eigenvalue weighted by molar-refractivity contribution is -0.132. The molecule has 0 bridgehead atoms. The predicted molar refractivity (Wildman–Crippen MR) is 109 cm³/mol. The van der Waals surface area contributed by atoms with Crippen LogP contribution in [-0.2, 0) is 9.59 Å². The summed E-state index contributed by atoms with van der Waals surface area (Å²) in [6.45, 7) is 9.57. The van der Waals surface area contributed by atoms with E-state index >= 15 is 0 Å². The van der Waals surface area contributed by atoms with Crippen molar-refractivity contribution in [3.63, 3.8) is 0 Å². The molecule has 6 heteroatoms. The molecule has 1 unspecified atom stereocenters. The molecule has 148 valence electrons. The van der Waals surface area contributed by atoms with Crippen LogP contribution < -0.4 is 9.80 Å². The van der Waals surface area contributed by atoms with Crippen molar-refractivity contribution in [1.29, 1.82) is 0 Å². The molecular weight excluding hydrogens is 340 g/mol. The minimum Gasteiger partial charge on any atom is -0.369 e. The topological polar surface area (TPSA) is 47.1 Å². The van der Waals surface area contributed by atoms with Crippen LogP contribution in [-0.4, -0.2) is 74.5 Å². The summed E-state index contributed by atoms with van der Waals surface area (Å²) in [7, 11) is 2.14. The van der Waals surface area contributed by atoms with E-state index in [4.69, 9.17) is 0 Å². The van der Waals surface area contributed by atoms with Crippen molar-refractivity contribution in [3.8, 4) is 0 Å². The van der Waals surface area contributed by atoms with E-state index in [0.717, 1.165) is 51.4 Å². The van der Waals surface area contributed by atoms with Gasteiger partial charge in [-0.2, -0.15) is 0 Å². The second kappa shape index (κ2) is 8.74. The van der Waals surface area contributed by atoms with Crippen LogP contribution in [0.25, 0.3) is 0 Å². The maximum absolute atomic E-state index is 12.7. The highest BCUT2D eigenvalue weighted by atomic mass is 16.2. The van der Waals surface area contributed by atoms with E-state index in [2.05, 4.69) is 35.9 Å². The molecule has 0 aliphatic carbocycles. The molecule has 3 rings (SSSR count). The fourth-order valence-electron chi connectivity index (χ4n) is 3.94. The number of likely N-dealkylation sites (tertiary alicyclic amines) is 1. The highest BCUT2D eigenvalue weighted by Crippen LogP contribution is 2.23. The van der Waals surface area contributed by atoms with Crippen molar-refractivity contribution in [1.82, 2.24) is 9.80 Å². The summed E-state index contributed by atoms with van der Waals surface area (Å²) in [5, 5.41) is 0. The van der Waals surface area contributed by atoms with Gasteiger partial charge in [0.15, 0.2) is 0 Å². The monoisotopic (exact) mass is 372 g/mol. The first-order chi connectivity index (χ1) is 12.9. The third-order valence-corrected chi connectivity index (χ3v) is 5.71. The van der Waals surface area contributed by atoms with E-state index in [9.17, 15) is 9.59 Å². The maximum Gasteiger partial charge on any atom is 0.242 e. The normalized spacial score (nSPS) is 21.2. The Labute approximate surface area is 162 Å². The molecule has 2 heterocycles. The summed E-state index contributed by atoms with van der Waals surface area (Å²) in [5.74, 6) is 0.483. The van der Waals surface area contributed by atoms with Crippen molar-refractivity contribution in [2.24, 2.45) is 5.92 Å². The van der Waals surface area contributed by atoms with E-state index in [1.165, 1.54) is 19.0 Å². The predicted octanol–water partition coefficient (Wildman–Crippen LogP) is 2.05. The van der Waals surface area contributed by atoms with Crippen molar-refractivity contribution in [2.75, 3.05) is 62.7 Å². The number of carbonyl (C=O) groups is 2. The van der Waals surface area contributed by atoms with Gasteiger partial charge in [0.25, 0.3) is 0 Å². The molecule has 1 aromatic carbocycles. The van der Waals surface area contributed by atoms with Crippen LogP contribution in [0.3, 0.4) is 0 Å². The Morgan fingerprint density at radius 2 is 1.74 bits per heavy atom. The van der Waals surface area contributed by atoms with Gasteiger partial charge in [0.05, 0.1) is 0 Å². The van der Waals surface area contributed by atoms with E-state index in [1.54, 1.807) is 4.90 Å². The van der Waals surface area contributed by atoms with Crippen molar-refractivity contribution >= 4 is 23.2 Å². The molecule has 6 nitrogen and oxygen atoms in total. The lowest BCUT2D eigenvalue weighted by Gasteiger charge is -2.34. The van der Waals surface area contributed by atoms with Gasteiger partial charge in [0.1, 0.15) is 6.54 Å². The second-order valence-corrected chi connectivity index (χ2v) is 8.00. The number of hydrogen-bond donors (Lipinski definition) is 0. The van der Waals surface area contributed by atoms with Gasteiger partial charge in [-0.1, -0.05) is 6.92 Å². The molecule has 0 N–H and O–H groups in total. The minimum atomic E-state index is -0.0965. The zero-order valence-electron chi connectivity index (χ0n) is 16.9. The third-order valence-electron chi connectivity index (χ3n) is 5.71. The van der Waals surface area contributed by atoms with Crippen LogP contribution in [0.4, 0.5) is 11.4 Å². The van der Waals surface area contributed by atoms with Gasteiger partial charge < -0.3 is 19.6 Å². The van der Waals surface area contributed by atoms with Crippen LogP contribution in [0, 0.1) is 5.92 Å². The highest BCUT2D eigenvalue weighted by molar-refractivity contribution is 5.97. The van der Waals surface area contributed by atoms with Gasteiger partial charge in [-0.15, -0.1) is 0 Å². The van der Waals surface area contributed by atoms with Crippen molar-refractivity contribution < 1.29 is 9.59 Å². The lowest BCUT2D eigenvalue weighted by atomic mass is 10.0. The van der Waals surface area contributed by atoms with Gasteiger partial charge in [0, 0.05) is 57.6 Å². The SMILES string of the molecule is CC(=O)N(CC(=O)N1CCCC(C)C1)c1ccc(N2CCN(C)CC2)cc1. The Morgan fingerprint density at radius 3 is 2.33 bits per heavy atom. The van der Waals surface area contributed by atoms with E-state index in [0.29, 0.717) is 5.92 Å². The van der Waals surface area contributed by atoms with E-state index in [-0.39, 0.29) is 18.4 Å². The fourth-order valence-corrected chi connectivity index (χ4v) is 3.94. The average Bonchev–Trinajstić information content (AvgIpc) is 2.66. The molecule has 0 aromatic heterocycles. The number of likely N-dealkylation sites (N-methyl/N-ethyl adjacent to an activating group) is 1. The quantitative estimate of drug-likeness (QED) is 0.812. The van der Waals surface area contributed by atoms with Gasteiger partial charge in [-0.3, -0.25) is 9.59 Å². The molecule has 27 heavy (non-hydrogen) atoms.